The molecule has 8 heteroatoms. The molecule has 0 aliphatic rings. The highest BCUT2D eigenvalue weighted by molar-refractivity contribution is 5.99. The molecule has 0 atom stereocenters. The second kappa shape index (κ2) is 8.69. The SMILES string of the molecule is CCOc1cc(-c2ccc(F)cc2)nc2cc(C(=O)NCCc3nnc[nH]3)ccc12. The molecule has 2 aromatic carbocycles. The largest absolute Gasteiger partial charge is 0.493 e. The van der Waals surface area contributed by atoms with Crippen molar-refractivity contribution in [3.8, 4) is 17.0 Å². The van der Waals surface area contributed by atoms with Crippen LogP contribution in [0.25, 0.3) is 22.2 Å². The maximum absolute atomic E-state index is 13.3. The van der Waals surface area contributed by atoms with Crippen molar-refractivity contribution in [1.29, 1.82) is 0 Å². The summed E-state index contributed by atoms with van der Waals surface area (Å²) < 4.78 is 19.1. The first-order valence-electron chi connectivity index (χ1n) is 9.60. The fourth-order valence-electron chi connectivity index (χ4n) is 3.13. The molecule has 4 rings (SSSR count). The van der Waals surface area contributed by atoms with Crippen LogP contribution >= 0.6 is 0 Å². The van der Waals surface area contributed by atoms with E-state index in [2.05, 4.69) is 25.5 Å². The van der Waals surface area contributed by atoms with Gasteiger partial charge in [-0.3, -0.25) is 4.79 Å². The minimum Gasteiger partial charge on any atom is -0.493 e. The molecule has 0 fully saturated rings. The summed E-state index contributed by atoms with van der Waals surface area (Å²) in [6.45, 7) is 2.82. The number of benzene rings is 2. The average molecular weight is 405 g/mol. The van der Waals surface area contributed by atoms with E-state index in [9.17, 15) is 9.18 Å². The molecule has 30 heavy (non-hydrogen) atoms. The average Bonchev–Trinajstić information content (AvgIpc) is 3.27. The molecule has 2 aromatic heterocycles. The molecule has 0 saturated heterocycles. The van der Waals surface area contributed by atoms with Gasteiger partial charge >= 0.3 is 0 Å². The number of nitrogens with one attached hydrogen (secondary N) is 2. The number of amides is 1. The van der Waals surface area contributed by atoms with Crippen LogP contribution < -0.4 is 10.1 Å². The minimum atomic E-state index is -0.311. The second-order valence-electron chi connectivity index (χ2n) is 6.62. The van der Waals surface area contributed by atoms with E-state index in [0.717, 1.165) is 10.9 Å². The first-order valence-corrected chi connectivity index (χ1v) is 9.60. The highest BCUT2D eigenvalue weighted by Gasteiger charge is 2.12. The summed E-state index contributed by atoms with van der Waals surface area (Å²) in [5, 5.41) is 11.3. The third-order valence-electron chi connectivity index (χ3n) is 4.59. The summed E-state index contributed by atoms with van der Waals surface area (Å²) in [4.78, 5) is 20.1. The Bertz CT molecular complexity index is 1160. The highest BCUT2D eigenvalue weighted by atomic mass is 19.1. The van der Waals surface area contributed by atoms with Crippen molar-refractivity contribution >= 4 is 16.8 Å². The van der Waals surface area contributed by atoms with Gasteiger partial charge in [0.2, 0.25) is 0 Å². The van der Waals surface area contributed by atoms with Crippen molar-refractivity contribution in [1.82, 2.24) is 25.5 Å². The summed E-state index contributed by atoms with van der Waals surface area (Å²) in [6.07, 6.45) is 2.06. The number of fused-ring (bicyclic) bond motifs is 1. The molecule has 2 N–H and O–H groups in total. The monoisotopic (exact) mass is 405 g/mol. The number of H-pyrrole nitrogens is 1. The van der Waals surface area contributed by atoms with Crippen LogP contribution in [-0.2, 0) is 6.42 Å². The number of ether oxygens (including phenoxy) is 1. The van der Waals surface area contributed by atoms with Crippen LogP contribution in [0.1, 0.15) is 23.1 Å². The van der Waals surface area contributed by atoms with Crippen LogP contribution in [0.3, 0.4) is 0 Å². The predicted octanol–water partition coefficient (Wildman–Crippen LogP) is 3.53. The van der Waals surface area contributed by atoms with Gasteiger partial charge in [-0.2, -0.15) is 0 Å². The van der Waals surface area contributed by atoms with Crippen molar-refractivity contribution in [2.75, 3.05) is 13.2 Å². The van der Waals surface area contributed by atoms with Crippen LogP contribution in [0, 0.1) is 5.82 Å². The second-order valence-corrected chi connectivity index (χ2v) is 6.62. The van der Waals surface area contributed by atoms with Crippen molar-refractivity contribution in [3.63, 3.8) is 0 Å². The Kier molecular flexibility index (Phi) is 5.65. The zero-order valence-corrected chi connectivity index (χ0v) is 16.4. The maximum atomic E-state index is 13.3. The van der Waals surface area contributed by atoms with Crippen molar-refractivity contribution in [3.05, 3.63) is 72.1 Å². The Hall–Kier alpha value is -3.81. The van der Waals surface area contributed by atoms with Gasteiger partial charge in [0, 0.05) is 35.5 Å². The van der Waals surface area contributed by atoms with Gasteiger partial charge in [0.05, 0.1) is 17.8 Å². The standard InChI is InChI=1S/C22H20FN5O2/c1-2-30-20-12-18(14-3-6-16(23)7-4-14)27-19-11-15(5-8-17(19)20)22(29)24-10-9-21-25-13-26-28-21/h3-8,11-13H,2,9-10H2,1H3,(H,24,29)(H,25,26,28). The van der Waals surface area contributed by atoms with E-state index >= 15 is 0 Å². The number of rotatable bonds is 7. The quantitative estimate of drug-likeness (QED) is 0.491. The topological polar surface area (TPSA) is 92.8 Å². The van der Waals surface area contributed by atoms with Gasteiger partial charge in [-0.05, 0) is 49.4 Å². The summed E-state index contributed by atoms with van der Waals surface area (Å²) in [7, 11) is 0. The van der Waals surface area contributed by atoms with E-state index in [-0.39, 0.29) is 11.7 Å². The number of hydrogen-bond acceptors (Lipinski definition) is 5. The van der Waals surface area contributed by atoms with Gasteiger partial charge in [-0.15, -0.1) is 10.2 Å². The zero-order valence-electron chi connectivity index (χ0n) is 16.4. The van der Waals surface area contributed by atoms with Crippen LogP contribution in [0.15, 0.2) is 54.9 Å². The number of carbonyl (C=O) groups is 1. The molecule has 0 saturated carbocycles. The molecule has 4 aromatic rings. The lowest BCUT2D eigenvalue weighted by atomic mass is 10.1. The first-order chi connectivity index (χ1) is 14.6. The fraction of sp³-hybridized carbons (Fsp3) is 0.182. The van der Waals surface area contributed by atoms with E-state index < -0.39 is 0 Å². The Morgan fingerprint density at radius 1 is 1.17 bits per heavy atom. The summed E-state index contributed by atoms with van der Waals surface area (Å²) in [5.74, 6) is 0.858. The zero-order chi connectivity index (χ0) is 20.9. The Balaban J connectivity index is 1.62. The normalized spacial score (nSPS) is 10.9. The molecular formula is C22H20FN5O2. The number of carbonyl (C=O) groups excluding carboxylic acids is 1. The molecule has 0 aliphatic heterocycles. The molecule has 1 amide bonds. The summed E-state index contributed by atoms with van der Waals surface area (Å²) in [5.41, 5.74) is 2.53. The Morgan fingerprint density at radius 2 is 2.00 bits per heavy atom. The molecule has 0 radical (unpaired) electrons. The molecule has 7 nitrogen and oxygen atoms in total. The highest BCUT2D eigenvalue weighted by Crippen LogP contribution is 2.31. The van der Waals surface area contributed by atoms with E-state index in [1.807, 2.05) is 19.1 Å². The number of hydrogen-bond donors (Lipinski definition) is 2. The van der Waals surface area contributed by atoms with Crippen molar-refractivity contribution in [2.45, 2.75) is 13.3 Å². The molecule has 152 valence electrons. The molecule has 0 bridgehead atoms. The predicted molar refractivity (Wildman–Crippen MR) is 111 cm³/mol. The van der Waals surface area contributed by atoms with Crippen LogP contribution in [0.5, 0.6) is 5.75 Å². The van der Waals surface area contributed by atoms with Gasteiger partial charge in [-0.1, -0.05) is 0 Å². The lowest BCUT2D eigenvalue weighted by molar-refractivity contribution is 0.0954. The van der Waals surface area contributed by atoms with E-state index in [1.165, 1.54) is 18.5 Å². The summed E-state index contributed by atoms with van der Waals surface area (Å²) in [6, 6.07) is 13.2. The first kappa shape index (κ1) is 19.5. The number of halogens is 1. The van der Waals surface area contributed by atoms with Gasteiger partial charge in [0.1, 0.15) is 23.7 Å². The van der Waals surface area contributed by atoms with Gasteiger partial charge < -0.3 is 15.0 Å². The minimum absolute atomic E-state index is 0.205. The van der Waals surface area contributed by atoms with Crippen molar-refractivity contribution in [2.24, 2.45) is 0 Å². The third kappa shape index (κ3) is 4.27. The Labute approximate surface area is 172 Å². The molecular weight excluding hydrogens is 385 g/mol. The molecule has 0 unspecified atom stereocenters. The maximum Gasteiger partial charge on any atom is 0.251 e. The van der Waals surface area contributed by atoms with E-state index in [4.69, 9.17) is 4.74 Å². The molecule has 0 aliphatic carbocycles. The van der Waals surface area contributed by atoms with E-state index in [0.29, 0.717) is 47.9 Å². The smallest absolute Gasteiger partial charge is 0.251 e. The van der Waals surface area contributed by atoms with Crippen LogP contribution in [0.4, 0.5) is 4.39 Å². The molecule has 2 heterocycles. The van der Waals surface area contributed by atoms with Gasteiger partial charge in [0.25, 0.3) is 5.91 Å². The van der Waals surface area contributed by atoms with Gasteiger partial charge in [-0.25, -0.2) is 9.37 Å². The van der Waals surface area contributed by atoms with Crippen LogP contribution in [0.2, 0.25) is 0 Å². The number of aromatic amines is 1. The van der Waals surface area contributed by atoms with E-state index in [1.54, 1.807) is 24.3 Å². The summed E-state index contributed by atoms with van der Waals surface area (Å²) >= 11 is 0. The third-order valence-corrected chi connectivity index (χ3v) is 4.59. The lowest BCUT2D eigenvalue weighted by Crippen LogP contribution is -2.25. The molecule has 0 spiro atoms. The number of aromatic nitrogens is 4. The van der Waals surface area contributed by atoms with Crippen LogP contribution in [-0.4, -0.2) is 39.2 Å². The lowest BCUT2D eigenvalue weighted by Gasteiger charge is -2.12. The fourth-order valence-corrected chi connectivity index (χ4v) is 3.13. The number of nitrogens with zero attached hydrogens (tertiary/aromatic N) is 3. The number of pyridine rings is 1. The Morgan fingerprint density at radius 3 is 2.73 bits per heavy atom. The van der Waals surface area contributed by atoms with Gasteiger partial charge in [0.15, 0.2) is 0 Å². The van der Waals surface area contributed by atoms with Crippen molar-refractivity contribution < 1.29 is 13.9 Å².